The van der Waals surface area contributed by atoms with E-state index in [9.17, 15) is 9.90 Å². The van der Waals surface area contributed by atoms with Crippen molar-refractivity contribution in [2.45, 2.75) is 38.6 Å². The molecule has 1 aromatic carbocycles. The van der Waals surface area contributed by atoms with E-state index in [1.807, 2.05) is 0 Å². The number of aryl methyl sites for hydroxylation is 2. The van der Waals surface area contributed by atoms with Gasteiger partial charge in [0.25, 0.3) is 0 Å². The Morgan fingerprint density at radius 2 is 1.95 bits per heavy atom. The fourth-order valence-corrected chi connectivity index (χ4v) is 2.82. The van der Waals surface area contributed by atoms with Gasteiger partial charge in [0.15, 0.2) is 0 Å². The van der Waals surface area contributed by atoms with E-state index in [1.54, 1.807) is 0 Å². The van der Waals surface area contributed by atoms with Crippen LogP contribution in [0.1, 0.15) is 31.4 Å². The van der Waals surface area contributed by atoms with Gasteiger partial charge in [-0.25, -0.2) is 0 Å². The van der Waals surface area contributed by atoms with Crippen LogP contribution in [0.25, 0.3) is 0 Å². The second-order valence-electron chi connectivity index (χ2n) is 5.26. The van der Waals surface area contributed by atoms with Crippen molar-refractivity contribution in [2.75, 3.05) is 18.0 Å². The molecule has 0 radical (unpaired) electrons. The van der Waals surface area contributed by atoms with E-state index < -0.39 is 11.5 Å². The molecule has 1 unspecified atom stereocenters. The summed E-state index contributed by atoms with van der Waals surface area (Å²) in [6.45, 7) is 5.36. The molecule has 3 N–H and O–H groups in total. The molecule has 4 heteroatoms. The molecule has 1 aliphatic rings. The molecule has 0 aliphatic carbocycles. The maximum absolute atomic E-state index is 11.3. The van der Waals surface area contributed by atoms with E-state index in [1.165, 1.54) is 16.8 Å². The zero-order valence-electron chi connectivity index (χ0n) is 11.6. The Morgan fingerprint density at radius 3 is 2.37 bits per heavy atom. The van der Waals surface area contributed by atoms with Crippen LogP contribution in [0.5, 0.6) is 0 Å². The summed E-state index contributed by atoms with van der Waals surface area (Å²) in [5.41, 5.74) is 8.61. The minimum atomic E-state index is -1.11. The summed E-state index contributed by atoms with van der Waals surface area (Å²) in [4.78, 5) is 13.4. The average Bonchev–Trinajstić information content (AvgIpc) is 2.81. The molecule has 0 spiro atoms. The van der Waals surface area contributed by atoms with Crippen molar-refractivity contribution < 1.29 is 9.90 Å². The molecule has 1 fully saturated rings. The third-order valence-corrected chi connectivity index (χ3v) is 4.01. The molecule has 1 aromatic rings. The number of para-hydroxylation sites is 1. The maximum Gasteiger partial charge on any atom is 0.325 e. The van der Waals surface area contributed by atoms with Gasteiger partial charge >= 0.3 is 5.97 Å². The molecule has 1 atom stereocenters. The van der Waals surface area contributed by atoms with Crippen LogP contribution in [0, 0.1) is 0 Å². The maximum atomic E-state index is 11.3. The fraction of sp³-hybridized carbons (Fsp3) is 0.533. The number of carboxylic acid groups (broad SMARTS) is 1. The molecule has 2 rings (SSSR count). The molecule has 19 heavy (non-hydrogen) atoms. The summed E-state index contributed by atoms with van der Waals surface area (Å²) in [7, 11) is 0. The highest BCUT2D eigenvalue weighted by Gasteiger charge is 2.42. The molecule has 0 aromatic heterocycles. The summed E-state index contributed by atoms with van der Waals surface area (Å²) in [5.74, 6) is -0.901. The highest BCUT2D eigenvalue weighted by Crippen LogP contribution is 2.32. The Bertz CT molecular complexity index is 465. The molecule has 0 bridgehead atoms. The van der Waals surface area contributed by atoms with Gasteiger partial charge < -0.3 is 15.7 Å². The molecular weight excluding hydrogens is 240 g/mol. The number of anilines is 1. The predicted octanol–water partition coefficient (Wildman–Crippen LogP) is 1.80. The average molecular weight is 262 g/mol. The van der Waals surface area contributed by atoms with Gasteiger partial charge in [-0.3, -0.25) is 4.79 Å². The Kier molecular flexibility index (Phi) is 3.80. The molecule has 1 aliphatic heterocycles. The topological polar surface area (TPSA) is 66.6 Å². The van der Waals surface area contributed by atoms with E-state index in [-0.39, 0.29) is 0 Å². The summed E-state index contributed by atoms with van der Waals surface area (Å²) in [5, 5.41) is 9.24. The smallest absolute Gasteiger partial charge is 0.325 e. The Morgan fingerprint density at radius 1 is 1.37 bits per heavy atom. The quantitative estimate of drug-likeness (QED) is 0.868. The number of hydrogen-bond donors (Lipinski definition) is 2. The molecule has 4 nitrogen and oxygen atoms in total. The van der Waals surface area contributed by atoms with Crippen LogP contribution in [0.4, 0.5) is 5.69 Å². The van der Waals surface area contributed by atoms with Gasteiger partial charge in [0.1, 0.15) is 5.54 Å². The van der Waals surface area contributed by atoms with Crippen molar-refractivity contribution in [3.63, 3.8) is 0 Å². The molecule has 0 saturated carbocycles. The monoisotopic (exact) mass is 262 g/mol. The van der Waals surface area contributed by atoms with E-state index in [4.69, 9.17) is 5.73 Å². The van der Waals surface area contributed by atoms with Crippen LogP contribution in [0.3, 0.4) is 0 Å². The van der Waals surface area contributed by atoms with Crippen molar-refractivity contribution in [3.05, 3.63) is 29.3 Å². The first-order chi connectivity index (χ1) is 9.01. The lowest BCUT2D eigenvalue weighted by molar-refractivity contribution is -0.142. The van der Waals surface area contributed by atoms with E-state index >= 15 is 0 Å². The van der Waals surface area contributed by atoms with Crippen molar-refractivity contribution in [1.29, 1.82) is 0 Å². The number of benzene rings is 1. The number of aliphatic carboxylic acids is 1. The number of rotatable bonds is 4. The first kappa shape index (κ1) is 13.9. The number of nitrogens with two attached hydrogens (primary N) is 1. The largest absolute Gasteiger partial charge is 0.480 e. The standard InChI is InChI=1S/C15H22N2O2/c1-3-11-6-5-7-12(4-2)13(11)17-9-8-15(16,10-17)14(18)19/h5-7H,3-4,8-10,16H2,1-2H3,(H,18,19). The van der Waals surface area contributed by atoms with Crippen LogP contribution >= 0.6 is 0 Å². The highest BCUT2D eigenvalue weighted by atomic mass is 16.4. The van der Waals surface area contributed by atoms with Crippen molar-refractivity contribution >= 4 is 11.7 Å². The van der Waals surface area contributed by atoms with Crippen molar-refractivity contribution in [1.82, 2.24) is 0 Å². The number of hydrogen-bond acceptors (Lipinski definition) is 3. The lowest BCUT2D eigenvalue weighted by Crippen LogP contribution is -2.50. The van der Waals surface area contributed by atoms with Gasteiger partial charge in [0.2, 0.25) is 0 Å². The summed E-state index contributed by atoms with van der Waals surface area (Å²) in [6, 6.07) is 6.31. The first-order valence-corrected chi connectivity index (χ1v) is 6.89. The van der Waals surface area contributed by atoms with E-state index in [0.717, 1.165) is 12.8 Å². The van der Waals surface area contributed by atoms with Crippen LogP contribution in [-0.2, 0) is 17.6 Å². The van der Waals surface area contributed by atoms with Gasteiger partial charge in [0.05, 0.1) is 0 Å². The molecule has 104 valence electrons. The number of carboxylic acids is 1. The lowest BCUT2D eigenvalue weighted by atomic mass is 10.00. The highest BCUT2D eigenvalue weighted by molar-refractivity contribution is 5.81. The molecule has 1 heterocycles. The normalized spacial score (nSPS) is 22.8. The van der Waals surface area contributed by atoms with Crippen LogP contribution < -0.4 is 10.6 Å². The van der Waals surface area contributed by atoms with E-state index in [0.29, 0.717) is 19.5 Å². The summed E-state index contributed by atoms with van der Waals surface area (Å²) in [6.07, 6.45) is 2.40. The zero-order chi connectivity index (χ0) is 14.0. The molecular formula is C15H22N2O2. The van der Waals surface area contributed by atoms with E-state index in [2.05, 4.69) is 36.9 Å². The second-order valence-corrected chi connectivity index (χ2v) is 5.26. The Balaban J connectivity index is 2.36. The summed E-state index contributed by atoms with van der Waals surface area (Å²) < 4.78 is 0. The lowest BCUT2D eigenvalue weighted by Gasteiger charge is -2.26. The van der Waals surface area contributed by atoms with Crippen molar-refractivity contribution in [2.24, 2.45) is 5.73 Å². The molecule has 0 amide bonds. The van der Waals surface area contributed by atoms with Gasteiger partial charge in [-0.1, -0.05) is 32.0 Å². The first-order valence-electron chi connectivity index (χ1n) is 6.89. The second kappa shape index (κ2) is 5.21. The summed E-state index contributed by atoms with van der Waals surface area (Å²) >= 11 is 0. The van der Waals surface area contributed by atoms with Gasteiger partial charge in [0, 0.05) is 18.8 Å². The third-order valence-electron chi connectivity index (χ3n) is 4.01. The Labute approximate surface area is 114 Å². The SMILES string of the molecule is CCc1cccc(CC)c1N1CCC(N)(C(=O)O)C1. The van der Waals surface area contributed by atoms with Gasteiger partial charge in [-0.15, -0.1) is 0 Å². The fourth-order valence-electron chi connectivity index (χ4n) is 2.82. The van der Waals surface area contributed by atoms with Crippen LogP contribution in [-0.4, -0.2) is 29.7 Å². The minimum absolute atomic E-state index is 0.395. The predicted molar refractivity (Wildman–Crippen MR) is 76.6 cm³/mol. The minimum Gasteiger partial charge on any atom is -0.480 e. The van der Waals surface area contributed by atoms with Crippen LogP contribution in [0.2, 0.25) is 0 Å². The number of nitrogens with zero attached hydrogens (tertiary/aromatic N) is 1. The van der Waals surface area contributed by atoms with Crippen LogP contribution in [0.15, 0.2) is 18.2 Å². The molecule has 1 saturated heterocycles. The van der Waals surface area contributed by atoms with Gasteiger partial charge in [-0.2, -0.15) is 0 Å². The van der Waals surface area contributed by atoms with Gasteiger partial charge in [-0.05, 0) is 30.4 Å². The zero-order valence-corrected chi connectivity index (χ0v) is 11.6. The van der Waals surface area contributed by atoms with Crippen molar-refractivity contribution in [3.8, 4) is 0 Å². The number of carbonyl (C=O) groups is 1. The Hall–Kier alpha value is -1.55. The third kappa shape index (κ3) is 2.45.